The molecule has 0 saturated carbocycles. The van der Waals surface area contributed by atoms with E-state index in [0.29, 0.717) is 32.7 Å². The zero-order valence-corrected chi connectivity index (χ0v) is 15.5. The van der Waals surface area contributed by atoms with Crippen LogP contribution in [0.3, 0.4) is 0 Å². The van der Waals surface area contributed by atoms with E-state index < -0.39 is 5.60 Å². The molecule has 1 aliphatic rings. The van der Waals surface area contributed by atoms with Crippen LogP contribution in [0.4, 0.5) is 0 Å². The van der Waals surface area contributed by atoms with Crippen LogP contribution in [0, 0.1) is 0 Å². The molecule has 0 radical (unpaired) electrons. The molecular weight excluding hydrogens is 402 g/mol. The highest BCUT2D eigenvalue weighted by atomic mass is 79.9. The monoisotopic (exact) mass is 421 g/mol. The molecule has 1 fully saturated rings. The van der Waals surface area contributed by atoms with E-state index in [-0.39, 0.29) is 6.10 Å². The van der Waals surface area contributed by atoms with Gasteiger partial charge in [0.15, 0.2) is 0 Å². The highest BCUT2D eigenvalue weighted by molar-refractivity contribution is 9.11. The van der Waals surface area contributed by atoms with Gasteiger partial charge >= 0.3 is 0 Å². The minimum absolute atomic E-state index is 0.121. The van der Waals surface area contributed by atoms with Crippen LogP contribution in [-0.4, -0.2) is 36.6 Å². The molecular formula is C15H21Br2NO3. The summed E-state index contributed by atoms with van der Waals surface area (Å²) in [6, 6.07) is 4.06. The Morgan fingerprint density at radius 1 is 1.43 bits per heavy atom. The number of rotatable bonds is 6. The van der Waals surface area contributed by atoms with Crippen LogP contribution in [0.25, 0.3) is 0 Å². The van der Waals surface area contributed by atoms with Gasteiger partial charge in [0.05, 0.1) is 21.7 Å². The van der Waals surface area contributed by atoms with E-state index in [1.54, 1.807) is 0 Å². The van der Waals surface area contributed by atoms with Crippen molar-refractivity contribution in [2.75, 3.05) is 19.8 Å². The average molecular weight is 423 g/mol. The van der Waals surface area contributed by atoms with Crippen LogP contribution >= 0.6 is 31.9 Å². The minimum Gasteiger partial charge on any atom is -0.492 e. The lowest BCUT2D eigenvalue weighted by molar-refractivity contribution is -0.0262. The van der Waals surface area contributed by atoms with E-state index in [1.807, 2.05) is 26.0 Å². The molecule has 2 unspecified atom stereocenters. The Labute approximate surface area is 142 Å². The molecule has 0 spiro atoms. The van der Waals surface area contributed by atoms with Gasteiger partial charge < -0.3 is 19.9 Å². The summed E-state index contributed by atoms with van der Waals surface area (Å²) >= 11 is 7.05. The van der Waals surface area contributed by atoms with E-state index in [0.717, 1.165) is 20.3 Å². The average Bonchev–Trinajstić information content (AvgIpc) is 2.74. The van der Waals surface area contributed by atoms with Crippen molar-refractivity contribution in [1.29, 1.82) is 0 Å². The van der Waals surface area contributed by atoms with Crippen molar-refractivity contribution >= 4 is 31.9 Å². The molecule has 0 amide bonds. The molecule has 1 aromatic rings. The summed E-state index contributed by atoms with van der Waals surface area (Å²) in [5.41, 5.74) is 0.354. The second kappa shape index (κ2) is 7.42. The Balaban J connectivity index is 1.95. The molecule has 2 rings (SSSR count). The van der Waals surface area contributed by atoms with E-state index in [4.69, 9.17) is 9.47 Å². The van der Waals surface area contributed by atoms with Gasteiger partial charge in [-0.25, -0.2) is 0 Å². The van der Waals surface area contributed by atoms with Crippen molar-refractivity contribution < 1.29 is 14.6 Å². The van der Waals surface area contributed by atoms with Crippen molar-refractivity contribution in [2.45, 2.75) is 38.5 Å². The normalized spacial score (nSPS) is 25.3. The van der Waals surface area contributed by atoms with Crippen molar-refractivity contribution in [2.24, 2.45) is 0 Å². The first-order chi connectivity index (χ1) is 9.96. The maximum atomic E-state index is 10.4. The summed E-state index contributed by atoms with van der Waals surface area (Å²) in [5.74, 6) is 0.817. The predicted molar refractivity (Wildman–Crippen MR) is 89.7 cm³/mol. The maximum Gasteiger partial charge on any atom is 0.147 e. The number of nitrogens with one attached hydrogen (secondary N) is 1. The van der Waals surface area contributed by atoms with Gasteiger partial charge in [-0.3, -0.25) is 0 Å². The first-order valence-corrected chi connectivity index (χ1v) is 8.70. The van der Waals surface area contributed by atoms with Gasteiger partial charge in [0.1, 0.15) is 11.4 Å². The van der Waals surface area contributed by atoms with E-state index in [9.17, 15) is 5.11 Å². The molecule has 0 bridgehead atoms. The van der Waals surface area contributed by atoms with Crippen LogP contribution in [0.15, 0.2) is 21.1 Å². The van der Waals surface area contributed by atoms with E-state index in [2.05, 4.69) is 37.2 Å². The number of hydrogen-bond donors (Lipinski definition) is 2. The van der Waals surface area contributed by atoms with Crippen LogP contribution in [0.5, 0.6) is 5.75 Å². The van der Waals surface area contributed by atoms with Crippen LogP contribution in [-0.2, 0) is 11.3 Å². The van der Waals surface area contributed by atoms with Crippen molar-refractivity contribution in [3.05, 3.63) is 26.6 Å². The fourth-order valence-corrected chi connectivity index (χ4v) is 3.93. The molecule has 0 aromatic heterocycles. The third-order valence-electron chi connectivity index (χ3n) is 3.77. The highest BCUT2D eigenvalue weighted by Gasteiger charge is 2.38. The van der Waals surface area contributed by atoms with Gasteiger partial charge in [-0.2, -0.15) is 0 Å². The summed E-state index contributed by atoms with van der Waals surface area (Å²) in [4.78, 5) is 0. The first-order valence-electron chi connectivity index (χ1n) is 7.11. The quantitative estimate of drug-likeness (QED) is 0.738. The standard InChI is InChI=1S/C15H21Br2NO3/c1-3-20-14-12(16)6-11(7-13(14)17)8-18-9-15(19)4-5-21-10(15)2/h6-7,10,18-19H,3-5,8-9H2,1-2H3. The fraction of sp³-hybridized carbons (Fsp3) is 0.600. The third-order valence-corrected chi connectivity index (χ3v) is 4.94. The SMILES string of the molecule is CCOc1c(Br)cc(CNCC2(O)CCOC2C)cc1Br. The van der Waals surface area contributed by atoms with Crippen LogP contribution in [0.2, 0.25) is 0 Å². The fourth-order valence-electron chi connectivity index (χ4n) is 2.42. The van der Waals surface area contributed by atoms with Gasteiger partial charge in [-0.15, -0.1) is 0 Å². The Hall–Kier alpha value is -0.140. The van der Waals surface area contributed by atoms with Crippen LogP contribution in [0.1, 0.15) is 25.8 Å². The number of aliphatic hydroxyl groups is 1. The second-order valence-electron chi connectivity index (χ2n) is 5.29. The third kappa shape index (κ3) is 4.20. The summed E-state index contributed by atoms with van der Waals surface area (Å²) in [6.07, 6.45) is 0.557. The Morgan fingerprint density at radius 2 is 2.10 bits per heavy atom. The number of benzene rings is 1. The molecule has 1 heterocycles. The maximum absolute atomic E-state index is 10.4. The lowest BCUT2D eigenvalue weighted by Gasteiger charge is -2.26. The lowest BCUT2D eigenvalue weighted by atomic mass is 9.96. The van der Waals surface area contributed by atoms with Crippen molar-refractivity contribution in [1.82, 2.24) is 5.32 Å². The van der Waals surface area contributed by atoms with E-state index >= 15 is 0 Å². The molecule has 1 saturated heterocycles. The van der Waals surface area contributed by atoms with Crippen molar-refractivity contribution in [3.63, 3.8) is 0 Å². The molecule has 21 heavy (non-hydrogen) atoms. The number of ether oxygens (including phenoxy) is 2. The van der Waals surface area contributed by atoms with Gasteiger partial charge in [-0.05, 0) is 63.4 Å². The molecule has 1 aromatic carbocycles. The van der Waals surface area contributed by atoms with Crippen LogP contribution < -0.4 is 10.1 Å². The first kappa shape index (κ1) is 17.2. The molecule has 0 aliphatic carbocycles. The summed E-state index contributed by atoms with van der Waals surface area (Å²) in [7, 11) is 0. The summed E-state index contributed by atoms with van der Waals surface area (Å²) in [6.45, 7) is 6.33. The predicted octanol–water partition coefficient (Wildman–Crippen LogP) is 3.24. The van der Waals surface area contributed by atoms with Gasteiger partial charge in [0.2, 0.25) is 0 Å². The Kier molecular flexibility index (Phi) is 6.08. The highest BCUT2D eigenvalue weighted by Crippen LogP contribution is 2.34. The minimum atomic E-state index is -0.764. The largest absolute Gasteiger partial charge is 0.492 e. The lowest BCUT2D eigenvalue weighted by Crippen LogP contribution is -2.45. The topological polar surface area (TPSA) is 50.7 Å². The Morgan fingerprint density at radius 3 is 2.62 bits per heavy atom. The van der Waals surface area contributed by atoms with Crippen molar-refractivity contribution in [3.8, 4) is 5.75 Å². The van der Waals surface area contributed by atoms with Gasteiger partial charge in [0, 0.05) is 26.1 Å². The number of halogens is 2. The van der Waals surface area contributed by atoms with E-state index in [1.165, 1.54) is 0 Å². The molecule has 118 valence electrons. The zero-order valence-electron chi connectivity index (χ0n) is 12.3. The molecule has 2 N–H and O–H groups in total. The van der Waals surface area contributed by atoms with Gasteiger partial charge in [-0.1, -0.05) is 0 Å². The second-order valence-corrected chi connectivity index (χ2v) is 7.00. The molecule has 4 nitrogen and oxygen atoms in total. The molecule has 2 atom stereocenters. The smallest absolute Gasteiger partial charge is 0.147 e. The molecule has 6 heteroatoms. The van der Waals surface area contributed by atoms with Gasteiger partial charge in [0.25, 0.3) is 0 Å². The number of hydrogen-bond acceptors (Lipinski definition) is 4. The summed E-state index contributed by atoms with van der Waals surface area (Å²) < 4.78 is 12.8. The zero-order chi connectivity index (χ0) is 15.5. The summed E-state index contributed by atoms with van der Waals surface area (Å²) in [5, 5.41) is 13.7. The molecule has 1 aliphatic heterocycles. The Bertz CT molecular complexity index is 475.